The maximum Gasteiger partial charge on any atom is 0.416 e. The maximum atomic E-state index is 12.9. The fourth-order valence-electron chi connectivity index (χ4n) is 2.71. The Hall–Kier alpha value is -2.49. The van der Waals surface area contributed by atoms with E-state index in [1.165, 1.54) is 23.1 Å². The lowest BCUT2D eigenvalue weighted by molar-refractivity contribution is -0.138. The van der Waals surface area contributed by atoms with Crippen LogP contribution < -0.4 is 0 Å². The fraction of sp³-hybridized carbons (Fsp3) is 0.263. The summed E-state index contributed by atoms with van der Waals surface area (Å²) in [6.07, 6.45) is -9.03. The topological polar surface area (TPSA) is 32.7 Å². The van der Waals surface area contributed by atoms with E-state index in [9.17, 15) is 31.1 Å². The van der Waals surface area contributed by atoms with E-state index in [1.54, 1.807) is 0 Å². The normalized spacial score (nSPS) is 14.8. The summed E-state index contributed by atoms with van der Waals surface area (Å²) in [5.41, 5.74) is -1.45. The number of halogens is 6. The molecule has 0 aromatic heterocycles. The third kappa shape index (κ3) is 5.11. The molecule has 0 N–H and O–H groups in total. The van der Waals surface area contributed by atoms with E-state index in [2.05, 4.69) is 4.99 Å². The van der Waals surface area contributed by atoms with Crippen molar-refractivity contribution in [3.8, 4) is 0 Å². The molecule has 0 spiro atoms. The van der Waals surface area contributed by atoms with Crippen LogP contribution in [0.15, 0.2) is 53.5 Å². The van der Waals surface area contributed by atoms with Crippen LogP contribution in [0, 0.1) is 0 Å². The standard InChI is InChI=1S/C19H14F6N2OS/c20-18(21,22)14-5-1-3-12(9-14)11-29-17-26-7-8-27(17)16(28)13-4-2-6-15(10-13)19(23,24)25/h1-6,9-10H,7-8,11H2. The third-order valence-electron chi connectivity index (χ3n) is 4.11. The fourth-order valence-corrected chi connectivity index (χ4v) is 3.70. The van der Waals surface area contributed by atoms with Crippen LogP contribution in [0.3, 0.4) is 0 Å². The lowest BCUT2D eigenvalue weighted by Crippen LogP contribution is -2.33. The molecule has 1 heterocycles. The van der Waals surface area contributed by atoms with Crippen molar-refractivity contribution in [2.24, 2.45) is 4.99 Å². The number of benzene rings is 2. The average molecular weight is 432 g/mol. The van der Waals surface area contributed by atoms with Crippen LogP contribution in [-0.4, -0.2) is 29.1 Å². The number of hydrogen-bond donors (Lipinski definition) is 0. The number of hydrogen-bond acceptors (Lipinski definition) is 3. The Balaban J connectivity index is 1.72. The summed E-state index contributed by atoms with van der Waals surface area (Å²) in [7, 11) is 0. The van der Waals surface area contributed by atoms with Gasteiger partial charge in [-0.2, -0.15) is 26.3 Å². The van der Waals surface area contributed by atoms with Gasteiger partial charge >= 0.3 is 12.4 Å². The summed E-state index contributed by atoms with van der Waals surface area (Å²) < 4.78 is 77.1. The summed E-state index contributed by atoms with van der Waals surface area (Å²) in [5.74, 6) is -0.501. The predicted octanol–water partition coefficient (Wildman–Crippen LogP) is 5.47. The number of nitrogens with zero attached hydrogens (tertiary/aromatic N) is 2. The first-order chi connectivity index (χ1) is 13.6. The number of thioether (sulfide) groups is 1. The minimum atomic E-state index is -4.57. The van der Waals surface area contributed by atoms with E-state index in [-0.39, 0.29) is 29.6 Å². The molecule has 29 heavy (non-hydrogen) atoms. The van der Waals surface area contributed by atoms with Gasteiger partial charge in [-0.15, -0.1) is 0 Å². The zero-order chi connectivity index (χ0) is 21.2. The number of carbonyl (C=O) groups excluding carboxylic acids is 1. The molecule has 0 aliphatic carbocycles. The lowest BCUT2D eigenvalue weighted by Gasteiger charge is -2.19. The van der Waals surface area contributed by atoms with Gasteiger partial charge in [0.05, 0.1) is 17.7 Å². The van der Waals surface area contributed by atoms with Gasteiger partial charge < -0.3 is 0 Å². The lowest BCUT2D eigenvalue weighted by atomic mass is 10.1. The molecule has 0 atom stereocenters. The van der Waals surface area contributed by atoms with E-state index in [4.69, 9.17) is 0 Å². The van der Waals surface area contributed by atoms with Gasteiger partial charge in [-0.05, 0) is 29.8 Å². The Morgan fingerprint density at radius 1 is 0.966 bits per heavy atom. The first-order valence-corrected chi connectivity index (χ1v) is 9.37. The van der Waals surface area contributed by atoms with Gasteiger partial charge in [-0.1, -0.05) is 36.0 Å². The Labute approximate surface area is 166 Å². The molecule has 154 valence electrons. The highest BCUT2D eigenvalue weighted by molar-refractivity contribution is 8.13. The Kier molecular flexibility index (Phi) is 5.92. The molecular weight excluding hydrogens is 418 g/mol. The number of aliphatic imine (C=N–C) groups is 1. The van der Waals surface area contributed by atoms with Crippen LogP contribution in [0.5, 0.6) is 0 Å². The second-order valence-corrected chi connectivity index (χ2v) is 7.13. The van der Waals surface area contributed by atoms with Crippen molar-refractivity contribution in [2.45, 2.75) is 18.1 Å². The largest absolute Gasteiger partial charge is 0.416 e. The highest BCUT2D eigenvalue weighted by Crippen LogP contribution is 2.32. The maximum absolute atomic E-state index is 12.9. The first-order valence-electron chi connectivity index (χ1n) is 8.38. The van der Waals surface area contributed by atoms with Crippen molar-refractivity contribution < 1.29 is 31.1 Å². The first kappa shape index (κ1) is 21.2. The van der Waals surface area contributed by atoms with E-state index in [0.717, 1.165) is 42.1 Å². The predicted molar refractivity (Wildman–Crippen MR) is 97.5 cm³/mol. The molecular formula is C19H14F6N2OS. The molecule has 3 rings (SSSR count). The van der Waals surface area contributed by atoms with Crippen LogP contribution >= 0.6 is 11.8 Å². The van der Waals surface area contributed by atoms with Crippen molar-refractivity contribution in [2.75, 3.05) is 13.1 Å². The number of carbonyl (C=O) groups is 1. The van der Waals surface area contributed by atoms with Crippen molar-refractivity contribution >= 4 is 22.8 Å². The van der Waals surface area contributed by atoms with Gasteiger partial charge in [-0.25, -0.2) is 0 Å². The van der Waals surface area contributed by atoms with Gasteiger partial charge in [0, 0.05) is 17.9 Å². The van der Waals surface area contributed by atoms with Gasteiger partial charge in [0.1, 0.15) is 0 Å². The molecule has 2 aromatic rings. The summed E-state index contributed by atoms with van der Waals surface area (Å²) in [6, 6.07) is 8.88. The molecule has 0 unspecified atom stereocenters. The van der Waals surface area contributed by atoms with Gasteiger partial charge in [-0.3, -0.25) is 14.7 Å². The second-order valence-electron chi connectivity index (χ2n) is 6.19. The molecule has 0 fully saturated rings. The Morgan fingerprint density at radius 3 is 2.24 bits per heavy atom. The monoisotopic (exact) mass is 432 g/mol. The van der Waals surface area contributed by atoms with Crippen LogP contribution in [-0.2, 0) is 18.1 Å². The van der Waals surface area contributed by atoms with Crippen LogP contribution in [0.25, 0.3) is 0 Å². The number of amidine groups is 1. The minimum Gasteiger partial charge on any atom is -0.286 e. The van der Waals surface area contributed by atoms with E-state index >= 15 is 0 Å². The van der Waals surface area contributed by atoms with Crippen molar-refractivity contribution in [3.63, 3.8) is 0 Å². The Morgan fingerprint density at radius 2 is 1.59 bits per heavy atom. The molecule has 0 saturated heterocycles. The number of rotatable bonds is 3. The van der Waals surface area contributed by atoms with Crippen LogP contribution in [0.1, 0.15) is 27.0 Å². The van der Waals surface area contributed by atoms with Gasteiger partial charge in [0.25, 0.3) is 5.91 Å². The van der Waals surface area contributed by atoms with Crippen LogP contribution in [0.4, 0.5) is 26.3 Å². The summed E-state index contributed by atoms with van der Waals surface area (Å²) in [6.45, 7) is 0.468. The average Bonchev–Trinajstić information content (AvgIpc) is 3.13. The van der Waals surface area contributed by atoms with Gasteiger partial charge in [0.2, 0.25) is 0 Å². The zero-order valence-corrected chi connectivity index (χ0v) is 15.5. The van der Waals surface area contributed by atoms with Crippen molar-refractivity contribution in [1.82, 2.24) is 4.90 Å². The summed E-state index contributed by atoms with van der Waals surface area (Å²) in [4.78, 5) is 18.1. The smallest absolute Gasteiger partial charge is 0.286 e. The van der Waals surface area contributed by atoms with E-state index in [0.29, 0.717) is 5.56 Å². The molecule has 0 bridgehead atoms. The molecule has 0 saturated carbocycles. The molecule has 1 aliphatic heterocycles. The third-order valence-corrected chi connectivity index (χ3v) is 5.19. The second kappa shape index (κ2) is 8.10. The number of amides is 1. The quantitative estimate of drug-likeness (QED) is 0.603. The highest BCUT2D eigenvalue weighted by atomic mass is 32.2. The zero-order valence-electron chi connectivity index (χ0n) is 14.7. The SMILES string of the molecule is O=C(c1cccc(C(F)(F)F)c1)N1CCN=C1SCc1cccc(C(F)(F)F)c1. The highest BCUT2D eigenvalue weighted by Gasteiger charge is 2.33. The van der Waals surface area contributed by atoms with Crippen LogP contribution in [0.2, 0.25) is 0 Å². The summed E-state index contributed by atoms with van der Waals surface area (Å²) >= 11 is 1.06. The molecule has 0 radical (unpaired) electrons. The minimum absolute atomic E-state index is 0.130. The van der Waals surface area contributed by atoms with E-state index < -0.39 is 29.4 Å². The molecule has 1 amide bonds. The molecule has 3 nitrogen and oxygen atoms in total. The molecule has 10 heteroatoms. The number of alkyl halides is 6. The van der Waals surface area contributed by atoms with Crippen molar-refractivity contribution in [1.29, 1.82) is 0 Å². The van der Waals surface area contributed by atoms with E-state index in [1.807, 2.05) is 0 Å². The summed E-state index contributed by atoms with van der Waals surface area (Å²) in [5, 5.41) is 0.268. The van der Waals surface area contributed by atoms with Gasteiger partial charge in [0.15, 0.2) is 5.17 Å². The van der Waals surface area contributed by atoms with Crippen molar-refractivity contribution in [3.05, 3.63) is 70.8 Å². The molecule has 2 aromatic carbocycles. The Bertz CT molecular complexity index is 939. The molecule has 1 aliphatic rings.